The summed E-state index contributed by atoms with van der Waals surface area (Å²) in [5, 5.41) is 7.51. The molecule has 0 heterocycles. The molecule has 1 amide bonds. The van der Waals surface area contributed by atoms with Gasteiger partial charge in [0.05, 0.1) is 6.07 Å². The Labute approximate surface area is 67.2 Å². The maximum atomic E-state index is 10.3. The van der Waals surface area contributed by atoms with E-state index >= 15 is 0 Å². The fraction of sp³-hybridized carbons (Fsp3) is 0.250. The Morgan fingerprint density at radius 2 is 1.91 bits per heavy atom. The van der Waals surface area contributed by atoms with E-state index < -0.39 is 0 Å². The quantitative estimate of drug-likeness (QED) is 0.415. The van der Waals surface area contributed by atoms with Gasteiger partial charge in [-0.15, -0.1) is 0 Å². The van der Waals surface area contributed by atoms with Gasteiger partial charge in [-0.05, 0) is 6.08 Å². The predicted molar refractivity (Wildman–Crippen MR) is 44.7 cm³/mol. The number of hydrogen-bond donors (Lipinski definition) is 0. The van der Waals surface area contributed by atoms with Gasteiger partial charge in [0, 0.05) is 20.2 Å². The van der Waals surface area contributed by atoms with Gasteiger partial charge < -0.3 is 4.90 Å². The third-order valence-corrected chi connectivity index (χ3v) is 0.707. The molecule has 0 radical (unpaired) electrons. The SMILES string of the molecule is C=CC#N.C=CC(=O)N(C)C. The van der Waals surface area contributed by atoms with Gasteiger partial charge in [-0.1, -0.05) is 13.2 Å². The van der Waals surface area contributed by atoms with E-state index in [9.17, 15) is 4.79 Å². The Morgan fingerprint density at radius 3 is 1.91 bits per heavy atom. The molecule has 0 bridgehead atoms. The molecule has 0 aliphatic heterocycles. The zero-order chi connectivity index (χ0) is 9.28. The molecule has 0 aromatic carbocycles. The van der Waals surface area contributed by atoms with Gasteiger partial charge in [0.15, 0.2) is 0 Å². The number of rotatable bonds is 1. The first-order valence-electron chi connectivity index (χ1n) is 2.94. The molecule has 0 rings (SSSR count). The Hall–Kier alpha value is -1.56. The van der Waals surface area contributed by atoms with Crippen molar-refractivity contribution < 1.29 is 4.79 Å². The smallest absolute Gasteiger partial charge is 0.245 e. The van der Waals surface area contributed by atoms with Crippen LogP contribution in [0.1, 0.15) is 0 Å². The number of amides is 1. The molecular formula is C8H12N2O. The first kappa shape index (κ1) is 12.1. The van der Waals surface area contributed by atoms with Crippen LogP contribution in [0.25, 0.3) is 0 Å². The standard InChI is InChI=1S/C5H9NO.C3H3N/c1-4-5(7)6(2)3;1-2-3-4/h4H,1H2,2-3H3;2H,1H2. The zero-order valence-corrected chi connectivity index (χ0v) is 6.87. The van der Waals surface area contributed by atoms with Crippen LogP contribution in [0.3, 0.4) is 0 Å². The minimum atomic E-state index is -0.0556. The lowest BCUT2D eigenvalue weighted by Gasteiger charge is -2.03. The molecule has 0 saturated heterocycles. The van der Waals surface area contributed by atoms with Crippen LogP contribution in [0, 0.1) is 11.3 Å². The summed E-state index contributed by atoms with van der Waals surface area (Å²) < 4.78 is 0. The molecule has 3 nitrogen and oxygen atoms in total. The maximum absolute atomic E-state index is 10.3. The van der Waals surface area contributed by atoms with Crippen LogP contribution in [-0.4, -0.2) is 24.9 Å². The molecule has 0 N–H and O–H groups in total. The fourth-order valence-electron chi connectivity index (χ4n) is 0.183. The summed E-state index contributed by atoms with van der Waals surface area (Å²) in [5.41, 5.74) is 0. The molecule has 0 aliphatic rings. The molecular weight excluding hydrogens is 140 g/mol. The van der Waals surface area contributed by atoms with Crippen LogP contribution in [0.2, 0.25) is 0 Å². The highest BCUT2D eigenvalue weighted by molar-refractivity contribution is 5.86. The van der Waals surface area contributed by atoms with E-state index in [1.807, 2.05) is 0 Å². The number of carbonyl (C=O) groups excluding carboxylic acids is 1. The van der Waals surface area contributed by atoms with Gasteiger partial charge in [0.2, 0.25) is 5.91 Å². The van der Waals surface area contributed by atoms with Crippen molar-refractivity contribution in [2.45, 2.75) is 0 Å². The van der Waals surface area contributed by atoms with Crippen LogP contribution < -0.4 is 0 Å². The van der Waals surface area contributed by atoms with Crippen LogP contribution >= 0.6 is 0 Å². The summed E-state index contributed by atoms with van der Waals surface area (Å²) in [6, 6.07) is 1.69. The monoisotopic (exact) mass is 152 g/mol. The van der Waals surface area contributed by atoms with E-state index in [0.717, 1.165) is 0 Å². The van der Waals surface area contributed by atoms with Crippen molar-refractivity contribution in [3.8, 4) is 6.07 Å². The molecule has 0 saturated carbocycles. The Kier molecular flexibility index (Phi) is 9.32. The summed E-state index contributed by atoms with van der Waals surface area (Å²) in [6.45, 7) is 6.41. The Balaban J connectivity index is 0. The average molecular weight is 152 g/mol. The highest BCUT2D eigenvalue weighted by atomic mass is 16.2. The van der Waals surface area contributed by atoms with E-state index in [2.05, 4.69) is 13.2 Å². The Bertz CT molecular complexity index is 177. The van der Waals surface area contributed by atoms with Crippen LogP contribution in [0.15, 0.2) is 25.3 Å². The first-order valence-corrected chi connectivity index (χ1v) is 2.94. The van der Waals surface area contributed by atoms with Crippen molar-refractivity contribution in [2.24, 2.45) is 0 Å². The second kappa shape index (κ2) is 8.44. The first-order chi connectivity index (χ1) is 5.09. The van der Waals surface area contributed by atoms with Crippen molar-refractivity contribution in [2.75, 3.05) is 14.1 Å². The lowest BCUT2D eigenvalue weighted by atomic mass is 10.5. The minimum Gasteiger partial charge on any atom is -0.345 e. The van der Waals surface area contributed by atoms with Crippen LogP contribution in [-0.2, 0) is 4.79 Å². The molecule has 0 atom stereocenters. The van der Waals surface area contributed by atoms with Crippen molar-refractivity contribution in [1.29, 1.82) is 5.26 Å². The van der Waals surface area contributed by atoms with Gasteiger partial charge in [-0.25, -0.2) is 0 Å². The average Bonchev–Trinajstić information content (AvgIpc) is 2.03. The largest absolute Gasteiger partial charge is 0.345 e. The molecule has 11 heavy (non-hydrogen) atoms. The van der Waals surface area contributed by atoms with Gasteiger partial charge in [0.25, 0.3) is 0 Å². The van der Waals surface area contributed by atoms with E-state index in [4.69, 9.17) is 5.26 Å². The normalized spacial score (nSPS) is 6.27. The molecule has 0 spiro atoms. The second-order valence-corrected chi connectivity index (χ2v) is 1.77. The molecule has 0 fully saturated rings. The van der Waals surface area contributed by atoms with E-state index in [0.29, 0.717) is 0 Å². The summed E-state index contributed by atoms with van der Waals surface area (Å²) >= 11 is 0. The van der Waals surface area contributed by atoms with Crippen molar-refractivity contribution in [1.82, 2.24) is 4.90 Å². The highest BCUT2D eigenvalue weighted by Gasteiger charge is 1.91. The third-order valence-electron chi connectivity index (χ3n) is 0.707. The molecule has 3 heteroatoms. The van der Waals surface area contributed by atoms with Crippen LogP contribution in [0.4, 0.5) is 0 Å². The Morgan fingerprint density at radius 1 is 1.55 bits per heavy atom. The van der Waals surface area contributed by atoms with Gasteiger partial charge in [-0.2, -0.15) is 5.26 Å². The number of nitrogens with zero attached hydrogens (tertiary/aromatic N) is 2. The zero-order valence-electron chi connectivity index (χ0n) is 6.87. The lowest BCUT2D eigenvalue weighted by molar-refractivity contribution is -0.123. The number of carbonyl (C=O) groups is 1. The fourth-order valence-corrected chi connectivity index (χ4v) is 0.183. The predicted octanol–water partition coefficient (Wildman–Crippen LogP) is 0.957. The van der Waals surface area contributed by atoms with Crippen LogP contribution in [0.5, 0.6) is 0 Å². The molecule has 0 unspecified atom stereocenters. The topological polar surface area (TPSA) is 44.1 Å². The van der Waals surface area contributed by atoms with Gasteiger partial charge in [0.1, 0.15) is 0 Å². The number of nitriles is 1. The van der Waals surface area contributed by atoms with E-state index in [1.54, 1.807) is 20.2 Å². The lowest BCUT2D eigenvalue weighted by Crippen LogP contribution is -2.18. The maximum Gasteiger partial charge on any atom is 0.245 e. The summed E-state index contributed by atoms with van der Waals surface area (Å²) in [6.07, 6.45) is 2.46. The van der Waals surface area contributed by atoms with E-state index in [-0.39, 0.29) is 5.91 Å². The second-order valence-electron chi connectivity index (χ2n) is 1.77. The summed E-state index contributed by atoms with van der Waals surface area (Å²) in [7, 11) is 3.37. The van der Waals surface area contributed by atoms with Crippen molar-refractivity contribution in [3.63, 3.8) is 0 Å². The van der Waals surface area contributed by atoms with Crippen molar-refractivity contribution in [3.05, 3.63) is 25.3 Å². The third kappa shape index (κ3) is 11.8. The minimum absolute atomic E-state index is 0.0556. The molecule has 0 aromatic heterocycles. The number of allylic oxidation sites excluding steroid dienone is 1. The summed E-state index contributed by atoms with van der Waals surface area (Å²) in [5.74, 6) is -0.0556. The molecule has 0 aliphatic carbocycles. The highest BCUT2D eigenvalue weighted by Crippen LogP contribution is 1.74. The van der Waals surface area contributed by atoms with Crippen molar-refractivity contribution >= 4 is 5.91 Å². The molecule has 60 valence electrons. The number of hydrogen-bond acceptors (Lipinski definition) is 2. The van der Waals surface area contributed by atoms with E-state index in [1.165, 1.54) is 17.1 Å². The van der Waals surface area contributed by atoms with Gasteiger partial charge in [-0.3, -0.25) is 4.79 Å². The number of likely N-dealkylation sites (N-methyl/N-ethyl adjacent to an activating group) is 1. The van der Waals surface area contributed by atoms with Gasteiger partial charge >= 0.3 is 0 Å². The molecule has 0 aromatic rings. The summed E-state index contributed by atoms with van der Waals surface area (Å²) in [4.78, 5) is 11.8.